The van der Waals surface area contributed by atoms with Gasteiger partial charge in [-0.15, -0.1) is 6.58 Å². The molecule has 22 heavy (non-hydrogen) atoms. The van der Waals surface area contributed by atoms with E-state index >= 15 is 0 Å². The molecular weight excluding hydrogens is 280 g/mol. The van der Waals surface area contributed by atoms with Crippen LogP contribution in [0.25, 0.3) is 0 Å². The summed E-state index contributed by atoms with van der Waals surface area (Å²) in [6, 6.07) is 0. The van der Waals surface area contributed by atoms with Crippen LogP contribution < -0.4 is 0 Å². The van der Waals surface area contributed by atoms with Gasteiger partial charge in [-0.3, -0.25) is 0 Å². The van der Waals surface area contributed by atoms with Gasteiger partial charge in [0.15, 0.2) is 12.6 Å². The van der Waals surface area contributed by atoms with Gasteiger partial charge in [-0.2, -0.15) is 0 Å². The lowest BCUT2D eigenvalue weighted by molar-refractivity contribution is -0.172. The molecule has 4 nitrogen and oxygen atoms in total. The zero-order valence-corrected chi connectivity index (χ0v) is 13.5. The van der Waals surface area contributed by atoms with E-state index in [-0.39, 0.29) is 6.42 Å². The fourth-order valence-corrected chi connectivity index (χ4v) is 2.27. The minimum atomic E-state index is -0.989. The zero-order valence-electron chi connectivity index (χ0n) is 13.5. The van der Waals surface area contributed by atoms with E-state index in [4.69, 9.17) is 9.47 Å². The predicted molar refractivity (Wildman–Crippen MR) is 88.3 cm³/mol. The summed E-state index contributed by atoms with van der Waals surface area (Å²) in [4.78, 5) is 0. The Morgan fingerprint density at radius 3 is 2.59 bits per heavy atom. The largest absolute Gasteiger partial charge is 0.368 e. The van der Waals surface area contributed by atoms with Gasteiger partial charge < -0.3 is 19.7 Å². The first-order valence-electron chi connectivity index (χ1n) is 8.25. The minimum Gasteiger partial charge on any atom is -0.368 e. The van der Waals surface area contributed by atoms with Crippen LogP contribution in [0.3, 0.4) is 0 Å². The molecule has 0 aromatic heterocycles. The Morgan fingerprint density at radius 1 is 1.09 bits per heavy atom. The number of unbranched alkanes of at least 4 members (excludes halogenated alkanes) is 1. The number of ether oxygens (including phenoxy) is 2. The van der Waals surface area contributed by atoms with Gasteiger partial charge in [0.05, 0.1) is 13.2 Å². The third-order valence-electron chi connectivity index (χ3n) is 3.55. The van der Waals surface area contributed by atoms with Crippen molar-refractivity contribution >= 4 is 0 Å². The van der Waals surface area contributed by atoms with Crippen LogP contribution in [0.15, 0.2) is 36.5 Å². The first-order chi connectivity index (χ1) is 10.7. The van der Waals surface area contributed by atoms with E-state index in [9.17, 15) is 10.2 Å². The van der Waals surface area contributed by atoms with Crippen molar-refractivity contribution in [1.82, 2.24) is 0 Å². The summed E-state index contributed by atoms with van der Waals surface area (Å²) in [6.45, 7) is 4.54. The Balaban J connectivity index is 2.03. The molecule has 0 amide bonds. The molecule has 0 bridgehead atoms. The predicted octanol–water partition coefficient (Wildman–Crippen LogP) is 3.46. The Hall–Kier alpha value is -0.940. The average Bonchev–Trinajstić information content (AvgIpc) is 2.53. The lowest BCUT2D eigenvalue weighted by Crippen LogP contribution is -2.24. The number of allylic oxidation sites excluding steroid dienone is 3. The second-order valence-electron chi connectivity index (χ2n) is 5.56. The smallest absolute Gasteiger partial charge is 0.159 e. The topological polar surface area (TPSA) is 58.9 Å². The maximum absolute atomic E-state index is 9.74. The van der Waals surface area contributed by atoms with E-state index in [1.54, 1.807) is 0 Å². The van der Waals surface area contributed by atoms with Crippen molar-refractivity contribution in [3.63, 3.8) is 0 Å². The molecule has 126 valence electrons. The van der Waals surface area contributed by atoms with Crippen molar-refractivity contribution in [3.05, 3.63) is 36.5 Å². The summed E-state index contributed by atoms with van der Waals surface area (Å²) in [5, 5.41) is 19.4. The summed E-state index contributed by atoms with van der Waals surface area (Å²) in [7, 11) is 0. The van der Waals surface area contributed by atoms with E-state index < -0.39 is 12.6 Å². The molecule has 2 unspecified atom stereocenters. The van der Waals surface area contributed by atoms with Crippen molar-refractivity contribution in [2.24, 2.45) is 0 Å². The van der Waals surface area contributed by atoms with E-state index in [1.165, 1.54) is 18.4 Å². The molecule has 0 spiro atoms. The molecule has 1 aliphatic carbocycles. The van der Waals surface area contributed by atoms with Crippen molar-refractivity contribution in [1.29, 1.82) is 0 Å². The fourth-order valence-electron chi connectivity index (χ4n) is 2.27. The van der Waals surface area contributed by atoms with Crippen LogP contribution in [0, 0.1) is 0 Å². The molecule has 0 aromatic rings. The van der Waals surface area contributed by atoms with Gasteiger partial charge in [0.1, 0.15) is 0 Å². The highest BCUT2D eigenvalue weighted by atomic mass is 16.6. The van der Waals surface area contributed by atoms with E-state index in [2.05, 4.69) is 18.7 Å². The molecule has 0 aromatic carbocycles. The van der Waals surface area contributed by atoms with Gasteiger partial charge in [-0.05, 0) is 50.5 Å². The molecule has 2 N–H and O–H groups in total. The normalized spacial score (nSPS) is 18.2. The molecule has 0 aliphatic heterocycles. The van der Waals surface area contributed by atoms with Crippen molar-refractivity contribution in [3.8, 4) is 0 Å². The Bertz CT molecular complexity index is 349. The van der Waals surface area contributed by atoms with Crippen LogP contribution in [0.1, 0.15) is 51.4 Å². The van der Waals surface area contributed by atoms with Gasteiger partial charge in [0.25, 0.3) is 0 Å². The molecule has 0 radical (unpaired) electrons. The Labute approximate surface area is 134 Å². The van der Waals surface area contributed by atoms with Crippen LogP contribution in [-0.2, 0) is 9.47 Å². The van der Waals surface area contributed by atoms with Crippen LogP contribution in [0.5, 0.6) is 0 Å². The summed E-state index contributed by atoms with van der Waals surface area (Å²) >= 11 is 0. The van der Waals surface area contributed by atoms with Crippen LogP contribution >= 0.6 is 0 Å². The number of aliphatic hydroxyl groups is 2. The highest BCUT2D eigenvalue weighted by Gasteiger charge is 2.13. The maximum Gasteiger partial charge on any atom is 0.159 e. The number of hydrogen-bond acceptors (Lipinski definition) is 4. The molecule has 0 heterocycles. The van der Waals surface area contributed by atoms with Crippen LogP contribution in [-0.4, -0.2) is 36.0 Å². The molecule has 0 fully saturated rings. The molecule has 4 heteroatoms. The van der Waals surface area contributed by atoms with Gasteiger partial charge >= 0.3 is 0 Å². The molecule has 0 saturated heterocycles. The monoisotopic (exact) mass is 310 g/mol. The molecule has 1 rings (SSSR count). The third kappa shape index (κ3) is 9.90. The second kappa shape index (κ2) is 12.6. The van der Waals surface area contributed by atoms with E-state index in [0.29, 0.717) is 13.2 Å². The van der Waals surface area contributed by atoms with Crippen molar-refractivity contribution in [2.45, 2.75) is 63.9 Å². The van der Waals surface area contributed by atoms with Gasteiger partial charge in [0, 0.05) is 6.42 Å². The molecule has 1 aliphatic rings. The molecule has 2 atom stereocenters. The minimum absolute atomic E-state index is 0.0768. The van der Waals surface area contributed by atoms with E-state index in [0.717, 1.165) is 32.1 Å². The Kier molecular flexibility index (Phi) is 10.9. The van der Waals surface area contributed by atoms with Crippen molar-refractivity contribution < 1.29 is 19.7 Å². The highest BCUT2D eigenvalue weighted by Crippen LogP contribution is 2.18. The third-order valence-corrected chi connectivity index (χ3v) is 3.55. The molecular formula is C18H30O4. The first-order valence-corrected chi connectivity index (χ1v) is 8.25. The maximum atomic E-state index is 9.74. The number of rotatable bonds is 12. The van der Waals surface area contributed by atoms with Gasteiger partial charge in [-0.25, -0.2) is 0 Å². The summed E-state index contributed by atoms with van der Waals surface area (Å²) in [6.07, 6.45) is 13.5. The van der Waals surface area contributed by atoms with E-state index in [1.807, 2.05) is 12.2 Å². The summed E-state index contributed by atoms with van der Waals surface area (Å²) in [5.74, 6) is 0. The Morgan fingerprint density at radius 2 is 1.86 bits per heavy atom. The fraction of sp³-hybridized carbons (Fsp3) is 0.667. The van der Waals surface area contributed by atoms with Crippen LogP contribution in [0.4, 0.5) is 0 Å². The lowest BCUT2D eigenvalue weighted by atomic mass is 10.0. The second-order valence-corrected chi connectivity index (χ2v) is 5.56. The van der Waals surface area contributed by atoms with Crippen LogP contribution in [0.2, 0.25) is 0 Å². The zero-order chi connectivity index (χ0) is 16.0. The van der Waals surface area contributed by atoms with Gasteiger partial charge in [0.2, 0.25) is 0 Å². The summed E-state index contributed by atoms with van der Waals surface area (Å²) in [5.41, 5.74) is 1.24. The average molecular weight is 310 g/mol. The standard InChI is InChI=1S/C18H30O4/c1-2-3-4-5-6-10-13-21-17(19)14-18(20)22-15-16-11-8-7-9-12-16/h2,5-6,11,17-20H,1,3-4,7-10,12-15H2/b6-5-. The number of hydrogen-bond donors (Lipinski definition) is 2. The summed E-state index contributed by atoms with van der Waals surface area (Å²) < 4.78 is 10.6. The highest BCUT2D eigenvalue weighted by molar-refractivity contribution is 5.05. The lowest BCUT2D eigenvalue weighted by Gasteiger charge is -2.18. The number of aliphatic hydroxyl groups excluding tert-OH is 2. The quantitative estimate of drug-likeness (QED) is 0.329. The first kappa shape index (κ1) is 19.1. The van der Waals surface area contributed by atoms with Crippen molar-refractivity contribution in [2.75, 3.05) is 13.2 Å². The molecule has 0 saturated carbocycles. The van der Waals surface area contributed by atoms with Gasteiger partial charge in [-0.1, -0.05) is 24.3 Å². The SMILES string of the molecule is C=CCC/C=C\CCOC(O)CC(O)OCC1=CCCCC1.